The highest BCUT2D eigenvalue weighted by molar-refractivity contribution is 6.17. The van der Waals surface area contributed by atoms with E-state index in [1.54, 1.807) is 19.2 Å². The van der Waals surface area contributed by atoms with E-state index in [4.69, 9.17) is 4.74 Å². The van der Waals surface area contributed by atoms with Gasteiger partial charge in [0.15, 0.2) is 11.6 Å². The first-order valence-electron chi connectivity index (χ1n) is 7.44. The summed E-state index contributed by atoms with van der Waals surface area (Å²) in [7, 11) is 1.56. The first-order valence-corrected chi connectivity index (χ1v) is 7.44. The molecule has 24 heavy (non-hydrogen) atoms. The molecule has 0 aliphatic carbocycles. The Labute approximate surface area is 137 Å². The third kappa shape index (κ3) is 2.99. The Morgan fingerprint density at radius 2 is 1.58 bits per heavy atom. The number of nitrogens with zero attached hydrogens (tertiary/aromatic N) is 1. The zero-order chi connectivity index (χ0) is 17.3. The van der Waals surface area contributed by atoms with Gasteiger partial charge in [-0.05, 0) is 29.8 Å². The number of hydrogen-bond acceptors (Lipinski definition) is 3. The molecule has 1 heterocycles. The van der Waals surface area contributed by atoms with Gasteiger partial charge in [0.05, 0.1) is 12.8 Å². The minimum absolute atomic E-state index is 0.0529. The van der Waals surface area contributed by atoms with Gasteiger partial charge in [-0.25, -0.2) is 8.78 Å². The Kier molecular flexibility index (Phi) is 4.29. The number of hydrogen-bond donors (Lipinski definition) is 0. The van der Waals surface area contributed by atoms with Crippen molar-refractivity contribution in [2.45, 2.75) is 18.8 Å². The number of imide groups is 1. The summed E-state index contributed by atoms with van der Waals surface area (Å²) in [4.78, 5) is 25.7. The fourth-order valence-corrected chi connectivity index (χ4v) is 2.84. The van der Waals surface area contributed by atoms with Gasteiger partial charge in [-0.1, -0.05) is 12.1 Å². The van der Waals surface area contributed by atoms with Crippen LogP contribution in [-0.4, -0.2) is 18.9 Å². The number of halogens is 2. The van der Waals surface area contributed by atoms with Crippen LogP contribution < -0.4 is 9.64 Å². The molecule has 1 fully saturated rings. The van der Waals surface area contributed by atoms with E-state index < -0.39 is 23.4 Å². The molecule has 2 amide bonds. The molecule has 0 N–H and O–H groups in total. The van der Waals surface area contributed by atoms with E-state index in [1.165, 1.54) is 6.07 Å². The molecule has 0 spiro atoms. The molecule has 1 aliphatic rings. The van der Waals surface area contributed by atoms with Gasteiger partial charge in [0.2, 0.25) is 11.8 Å². The number of carbonyl (C=O) groups is 2. The second-order valence-electron chi connectivity index (χ2n) is 5.60. The van der Waals surface area contributed by atoms with Crippen molar-refractivity contribution in [3.63, 3.8) is 0 Å². The average Bonchev–Trinajstić information content (AvgIpc) is 2.57. The maximum Gasteiger partial charge on any atom is 0.234 e. The van der Waals surface area contributed by atoms with Crippen LogP contribution in [0.25, 0.3) is 0 Å². The molecule has 6 heteroatoms. The molecule has 0 aromatic heterocycles. The van der Waals surface area contributed by atoms with Gasteiger partial charge in [-0.2, -0.15) is 0 Å². The van der Waals surface area contributed by atoms with Crippen molar-refractivity contribution in [3.8, 4) is 5.75 Å². The molecule has 2 aromatic rings. The predicted octanol–water partition coefficient (Wildman–Crippen LogP) is 3.41. The van der Waals surface area contributed by atoms with Crippen LogP contribution in [0.15, 0.2) is 42.5 Å². The fraction of sp³-hybridized carbons (Fsp3) is 0.222. The summed E-state index contributed by atoms with van der Waals surface area (Å²) in [5.41, 5.74) is 0.916. The molecule has 124 valence electrons. The smallest absolute Gasteiger partial charge is 0.234 e. The van der Waals surface area contributed by atoms with Crippen LogP contribution in [0.1, 0.15) is 24.3 Å². The van der Waals surface area contributed by atoms with Crippen molar-refractivity contribution in [1.82, 2.24) is 0 Å². The summed E-state index contributed by atoms with van der Waals surface area (Å²) in [6.07, 6.45) is 0.244. The van der Waals surface area contributed by atoms with Gasteiger partial charge < -0.3 is 4.74 Å². The number of carbonyl (C=O) groups excluding carboxylic acids is 2. The number of benzene rings is 2. The maximum absolute atomic E-state index is 13.4. The van der Waals surface area contributed by atoms with Crippen LogP contribution in [0.4, 0.5) is 14.5 Å². The molecule has 0 unspecified atom stereocenters. The highest BCUT2D eigenvalue weighted by atomic mass is 19.2. The second-order valence-corrected chi connectivity index (χ2v) is 5.60. The topological polar surface area (TPSA) is 46.6 Å². The van der Waals surface area contributed by atoms with Crippen LogP contribution in [0.2, 0.25) is 0 Å². The van der Waals surface area contributed by atoms with Crippen LogP contribution in [0, 0.1) is 11.6 Å². The third-order valence-corrected chi connectivity index (χ3v) is 4.09. The van der Waals surface area contributed by atoms with Crippen LogP contribution in [0.5, 0.6) is 5.75 Å². The lowest BCUT2D eigenvalue weighted by Gasteiger charge is -2.30. The van der Waals surface area contributed by atoms with Crippen molar-refractivity contribution in [2.24, 2.45) is 0 Å². The Morgan fingerprint density at radius 3 is 2.12 bits per heavy atom. The standard InChI is InChI=1S/C18H15F2NO3/c1-24-14-5-2-11(3-6-14)12-8-17(22)21(18(23)9-12)13-4-7-15(19)16(20)10-13/h2-7,10,12H,8-9H2,1H3. The highest BCUT2D eigenvalue weighted by Gasteiger charge is 2.34. The van der Waals surface area contributed by atoms with Gasteiger partial charge in [-0.3, -0.25) is 14.5 Å². The van der Waals surface area contributed by atoms with E-state index in [-0.39, 0.29) is 24.4 Å². The van der Waals surface area contributed by atoms with Crippen molar-refractivity contribution >= 4 is 17.5 Å². The first kappa shape index (κ1) is 16.1. The van der Waals surface area contributed by atoms with Crippen molar-refractivity contribution in [1.29, 1.82) is 0 Å². The summed E-state index contributed by atoms with van der Waals surface area (Å²) in [5, 5.41) is 0. The van der Waals surface area contributed by atoms with Crippen LogP contribution >= 0.6 is 0 Å². The number of ether oxygens (including phenoxy) is 1. The third-order valence-electron chi connectivity index (χ3n) is 4.09. The van der Waals surface area contributed by atoms with Gasteiger partial charge >= 0.3 is 0 Å². The van der Waals surface area contributed by atoms with E-state index in [0.29, 0.717) is 5.75 Å². The molecule has 0 saturated carbocycles. The van der Waals surface area contributed by atoms with Crippen molar-refractivity contribution in [3.05, 3.63) is 59.7 Å². The Balaban J connectivity index is 1.82. The predicted molar refractivity (Wildman–Crippen MR) is 83.8 cm³/mol. The second kappa shape index (κ2) is 6.39. The molecule has 0 bridgehead atoms. The lowest BCUT2D eigenvalue weighted by atomic mass is 9.88. The number of rotatable bonds is 3. The number of methoxy groups -OCH3 is 1. The molecule has 4 nitrogen and oxygen atoms in total. The summed E-state index contributed by atoms with van der Waals surface area (Å²) < 4.78 is 31.5. The number of piperidine rings is 1. The molecule has 0 radical (unpaired) electrons. The van der Waals surface area contributed by atoms with Gasteiger partial charge in [0.1, 0.15) is 5.75 Å². The van der Waals surface area contributed by atoms with E-state index in [0.717, 1.165) is 22.6 Å². The largest absolute Gasteiger partial charge is 0.497 e. The van der Waals surface area contributed by atoms with E-state index in [1.807, 2.05) is 12.1 Å². The number of anilines is 1. The average molecular weight is 331 g/mol. The lowest BCUT2D eigenvalue weighted by Crippen LogP contribution is -2.42. The Bertz CT molecular complexity index is 771. The lowest BCUT2D eigenvalue weighted by molar-refractivity contribution is -0.129. The van der Waals surface area contributed by atoms with Crippen molar-refractivity contribution in [2.75, 3.05) is 12.0 Å². The molecule has 3 rings (SSSR count). The summed E-state index contributed by atoms with van der Waals surface area (Å²) in [5.74, 6) is -2.53. The normalized spacial score (nSPS) is 15.7. The monoisotopic (exact) mass is 331 g/mol. The van der Waals surface area contributed by atoms with Gasteiger partial charge in [-0.15, -0.1) is 0 Å². The Morgan fingerprint density at radius 1 is 0.958 bits per heavy atom. The minimum atomic E-state index is -1.09. The molecular weight excluding hydrogens is 316 g/mol. The zero-order valence-electron chi connectivity index (χ0n) is 13.0. The van der Waals surface area contributed by atoms with E-state index in [9.17, 15) is 18.4 Å². The summed E-state index contributed by atoms with van der Waals surface area (Å²) in [6, 6.07) is 10.2. The first-order chi connectivity index (χ1) is 11.5. The molecular formula is C18H15F2NO3. The number of amides is 2. The SMILES string of the molecule is COc1ccc(C2CC(=O)N(c3ccc(F)c(F)c3)C(=O)C2)cc1. The van der Waals surface area contributed by atoms with Crippen LogP contribution in [0.3, 0.4) is 0 Å². The summed E-state index contributed by atoms with van der Waals surface area (Å²) in [6.45, 7) is 0. The van der Waals surface area contributed by atoms with Crippen molar-refractivity contribution < 1.29 is 23.1 Å². The molecule has 1 saturated heterocycles. The van der Waals surface area contributed by atoms with E-state index in [2.05, 4.69) is 0 Å². The fourth-order valence-electron chi connectivity index (χ4n) is 2.84. The Hall–Kier alpha value is -2.76. The van der Waals surface area contributed by atoms with Gasteiger partial charge in [0.25, 0.3) is 0 Å². The summed E-state index contributed by atoms with van der Waals surface area (Å²) >= 11 is 0. The maximum atomic E-state index is 13.4. The van der Waals surface area contributed by atoms with Gasteiger partial charge in [0, 0.05) is 24.8 Å². The zero-order valence-corrected chi connectivity index (χ0v) is 13.0. The minimum Gasteiger partial charge on any atom is -0.497 e. The molecule has 2 aromatic carbocycles. The quantitative estimate of drug-likeness (QED) is 0.810. The molecule has 1 aliphatic heterocycles. The van der Waals surface area contributed by atoms with Crippen LogP contribution in [-0.2, 0) is 9.59 Å². The highest BCUT2D eigenvalue weighted by Crippen LogP contribution is 2.33. The van der Waals surface area contributed by atoms with E-state index >= 15 is 0 Å². The molecule has 0 atom stereocenters.